The smallest absolute Gasteiger partial charge is 0.257 e. The Labute approximate surface area is 124 Å². The number of benzene rings is 1. The summed E-state index contributed by atoms with van der Waals surface area (Å²) in [6.45, 7) is 0. The summed E-state index contributed by atoms with van der Waals surface area (Å²) < 4.78 is 12.8. The van der Waals surface area contributed by atoms with Gasteiger partial charge in [0.2, 0.25) is 5.91 Å². The average Bonchev–Trinajstić information content (AvgIpc) is 2.98. The predicted molar refractivity (Wildman–Crippen MR) is 76.7 cm³/mol. The van der Waals surface area contributed by atoms with Crippen LogP contribution in [-0.2, 0) is 11.2 Å². The molecule has 1 atom stereocenters. The van der Waals surface area contributed by atoms with E-state index >= 15 is 0 Å². The Morgan fingerprint density at radius 2 is 2.05 bits per heavy atom. The first-order valence-corrected chi connectivity index (χ1v) is 7.22. The van der Waals surface area contributed by atoms with E-state index in [1.165, 1.54) is 35.6 Å². The summed E-state index contributed by atoms with van der Waals surface area (Å²) in [5, 5.41) is 3.09. The number of amides is 2. The number of primary amides is 1. The van der Waals surface area contributed by atoms with Crippen LogP contribution in [0.5, 0.6) is 0 Å². The number of nitrogens with zero attached hydrogens (tertiary/aromatic N) is 1. The molecule has 0 saturated carbocycles. The second kappa shape index (κ2) is 5.25. The van der Waals surface area contributed by atoms with Crippen LogP contribution < -0.4 is 11.1 Å². The van der Waals surface area contributed by atoms with Crippen LogP contribution in [0.3, 0.4) is 0 Å². The van der Waals surface area contributed by atoms with Gasteiger partial charge in [-0.15, -0.1) is 11.3 Å². The van der Waals surface area contributed by atoms with Gasteiger partial charge in [-0.2, -0.15) is 0 Å². The third-order valence-electron chi connectivity index (χ3n) is 3.39. The first kappa shape index (κ1) is 13.7. The molecule has 3 rings (SSSR count). The fourth-order valence-electron chi connectivity index (χ4n) is 2.33. The van der Waals surface area contributed by atoms with Crippen LogP contribution in [0.25, 0.3) is 0 Å². The van der Waals surface area contributed by atoms with Crippen molar-refractivity contribution in [1.29, 1.82) is 0 Å². The molecule has 1 heterocycles. The van der Waals surface area contributed by atoms with Crippen LogP contribution >= 0.6 is 11.3 Å². The van der Waals surface area contributed by atoms with Gasteiger partial charge < -0.3 is 5.73 Å². The molecular formula is C14H12FN3O2S. The van der Waals surface area contributed by atoms with Gasteiger partial charge in [-0.1, -0.05) is 0 Å². The number of nitrogens with one attached hydrogen (secondary N) is 1. The maximum absolute atomic E-state index is 12.8. The largest absolute Gasteiger partial charge is 0.369 e. The zero-order valence-electron chi connectivity index (χ0n) is 10.9. The number of carbonyl (C=O) groups is 2. The van der Waals surface area contributed by atoms with Crippen molar-refractivity contribution in [1.82, 2.24) is 4.98 Å². The van der Waals surface area contributed by atoms with E-state index < -0.39 is 11.7 Å². The highest BCUT2D eigenvalue weighted by atomic mass is 32.1. The zero-order valence-corrected chi connectivity index (χ0v) is 11.7. The van der Waals surface area contributed by atoms with Crippen LogP contribution in [0.15, 0.2) is 24.3 Å². The molecule has 0 spiro atoms. The first-order chi connectivity index (χ1) is 10.0. The van der Waals surface area contributed by atoms with Crippen molar-refractivity contribution in [2.45, 2.75) is 18.8 Å². The lowest BCUT2D eigenvalue weighted by atomic mass is 10.1. The number of nitrogens with two attached hydrogens (primary N) is 1. The minimum absolute atomic E-state index is 0.346. The van der Waals surface area contributed by atoms with E-state index in [9.17, 15) is 14.0 Å². The monoisotopic (exact) mass is 305 g/mol. The van der Waals surface area contributed by atoms with Gasteiger partial charge in [-0.05, 0) is 37.1 Å². The van der Waals surface area contributed by atoms with Gasteiger partial charge in [0.15, 0.2) is 5.13 Å². The summed E-state index contributed by atoms with van der Waals surface area (Å²) in [7, 11) is 0. The Kier molecular flexibility index (Phi) is 3.42. The molecule has 1 aromatic carbocycles. The second-order valence-electron chi connectivity index (χ2n) is 4.78. The lowest BCUT2D eigenvalue weighted by molar-refractivity contribution is -0.119. The zero-order chi connectivity index (χ0) is 15.0. The number of carbonyl (C=O) groups excluding carboxylic acids is 2. The van der Waals surface area contributed by atoms with Crippen LogP contribution in [0.1, 0.15) is 33.3 Å². The van der Waals surface area contributed by atoms with E-state index in [0.717, 1.165) is 11.3 Å². The molecule has 0 aliphatic heterocycles. The maximum atomic E-state index is 12.8. The number of rotatable bonds is 3. The highest BCUT2D eigenvalue weighted by Crippen LogP contribution is 2.38. The van der Waals surface area contributed by atoms with Gasteiger partial charge in [0.25, 0.3) is 5.91 Å². The molecule has 2 amide bonds. The van der Waals surface area contributed by atoms with Gasteiger partial charge in [-0.3, -0.25) is 14.9 Å². The van der Waals surface area contributed by atoms with Gasteiger partial charge in [0.05, 0.1) is 11.6 Å². The molecule has 0 unspecified atom stereocenters. The maximum Gasteiger partial charge on any atom is 0.257 e. The molecule has 0 radical (unpaired) electrons. The summed E-state index contributed by atoms with van der Waals surface area (Å²) in [4.78, 5) is 28.6. The van der Waals surface area contributed by atoms with Gasteiger partial charge in [0, 0.05) is 10.4 Å². The molecule has 1 aromatic heterocycles. The third kappa shape index (κ3) is 2.64. The van der Waals surface area contributed by atoms with Crippen LogP contribution in [0, 0.1) is 5.82 Å². The van der Waals surface area contributed by atoms with E-state index in [1.54, 1.807) is 0 Å². The standard InChI is InChI=1S/C14H12FN3O2S/c15-8-3-1-7(2-4-8)13(20)18-14-17-11-9(12(16)19)5-6-10(11)21-14/h1-4,9H,5-6H2,(H2,16,19)(H,17,18,20)/t9-/m1/s1. The number of aromatic nitrogens is 1. The average molecular weight is 305 g/mol. The van der Waals surface area contributed by atoms with Crippen LogP contribution in [0.4, 0.5) is 9.52 Å². The molecule has 7 heteroatoms. The van der Waals surface area contributed by atoms with Gasteiger partial charge in [-0.25, -0.2) is 9.37 Å². The van der Waals surface area contributed by atoms with Crippen molar-refractivity contribution in [3.63, 3.8) is 0 Å². The highest BCUT2D eigenvalue weighted by molar-refractivity contribution is 7.16. The van der Waals surface area contributed by atoms with E-state index in [4.69, 9.17) is 5.73 Å². The number of fused-ring (bicyclic) bond motifs is 1. The molecule has 108 valence electrons. The summed E-state index contributed by atoms with van der Waals surface area (Å²) in [5.41, 5.74) is 6.35. The Morgan fingerprint density at radius 1 is 1.33 bits per heavy atom. The summed E-state index contributed by atoms with van der Waals surface area (Å²) in [5.74, 6) is -1.52. The van der Waals surface area contributed by atoms with Crippen molar-refractivity contribution in [3.8, 4) is 0 Å². The SMILES string of the molecule is NC(=O)[C@@H]1CCc2sc(NC(=O)c3ccc(F)cc3)nc21. The molecule has 1 aliphatic rings. The number of hydrogen-bond acceptors (Lipinski definition) is 4. The third-order valence-corrected chi connectivity index (χ3v) is 4.43. The fourth-order valence-corrected chi connectivity index (χ4v) is 3.36. The van der Waals surface area contributed by atoms with Crippen molar-refractivity contribution < 1.29 is 14.0 Å². The Hall–Kier alpha value is -2.28. The number of hydrogen-bond donors (Lipinski definition) is 2. The number of aryl methyl sites for hydroxylation is 1. The molecule has 0 saturated heterocycles. The van der Waals surface area contributed by atoms with Crippen LogP contribution in [0.2, 0.25) is 0 Å². The first-order valence-electron chi connectivity index (χ1n) is 6.40. The lowest BCUT2D eigenvalue weighted by Crippen LogP contribution is -2.20. The molecule has 0 bridgehead atoms. The van der Waals surface area contributed by atoms with Crippen molar-refractivity contribution in [2.75, 3.05) is 5.32 Å². The number of halogens is 1. The molecule has 3 N–H and O–H groups in total. The molecular weight excluding hydrogens is 293 g/mol. The van der Waals surface area contributed by atoms with E-state index in [1.807, 2.05) is 0 Å². The molecule has 1 aliphatic carbocycles. The van der Waals surface area contributed by atoms with E-state index in [-0.39, 0.29) is 11.8 Å². The van der Waals surface area contributed by atoms with Gasteiger partial charge in [0.1, 0.15) is 5.82 Å². The predicted octanol–water partition coefficient (Wildman–Crippen LogP) is 2.05. The fraction of sp³-hybridized carbons (Fsp3) is 0.214. The molecule has 2 aromatic rings. The molecule has 5 nitrogen and oxygen atoms in total. The summed E-state index contributed by atoms with van der Waals surface area (Å²) in [6.07, 6.45) is 1.42. The molecule has 0 fully saturated rings. The van der Waals surface area contributed by atoms with Crippen LogP contribution in [-0.4, -0.2) is 16.8 Å². The minimum atomic E-state index is -0.399. The summed E-state index contributed by atoms with van der Waals surface area (Å²) >= 11 is 1.34. The Bertz CT molecular complexity index is 712. The highest BCUT2D eigenvalue weighted by Gasteiger charge is 2.31. The van der Waals surface area contributed by atoms with Crippen molar-refractivity contribution in [3.05, 3.63) is 46.2 Å². The van der Waals surface area contributed by atoms with E-state index in [2.05, 4.69) is 10.3 Å². The Balaban J connectivity index is 1.77. The minimum Gasteiger partial charge on any atom is -0.369 e. The van der Waals surface area contributed by atoms with Crippen molar-refractivity contribution in [2.24, 2.45) is 5.73 Å². The molecule has 21 heavy (non-hydrogen) atoms. The Morgan fingerprint density at radius 3 is 2.71 bits per heavy atom. The van der Waals surface area contributed by atoms with Gasteiger partial charge >= 0.3 is 0 Å². The topological polar surface area (TPSA) is 85.1 Å². The second-order valence-corrected chi connectivity index (χ2v) is 5.87. The number of anilines is 1. The van der Waals surface area contributed by atoms with E-state index in [0.29, 0.717) is 22.8 Å². The number of thiazole rings is 1. The normalized spacial score (nSPS) is 16.5. The van der Waals surface area contributed by atoms with Crippen molar-refractivity contribution >= 4 is 28.3 Å². The summed E-state index contributed by atoms with van der Waals surface area (Å²) in [6, 6.07) is 5.25. The lowest BCUT2D eigenvalue weighted by Gasteiger charge is -2.04. The quantitative estimate of drug-likeness (QED) is 0.910.